The van der Waals surface area contributed by atoms with E-state index >= 15 is 0 Å². The van der Waals surface area contributed by atoms with Crippen molar-refractivity contribution in [2.75, 3.05) is 0 Å². The predicted molar refractivity (Wildman–Crippen MR) is 58.8 cm³/mol. The number of aliphatic carboxylic acids is 1. The number of carboxylic acid groups (broad SMARTS) is 1. The van der Waals surface area contributed by atoms with Crippen molar-refractivity contribution in [2.24, 2.45) is 11.3 Å². The Morgan fingerprint density at radius 2 is 1.94 bits per heavy atom. The van der Waals surface area contributed by atoms with E-state index in [-0.39, 0.29) is 17.3 Å². The van der Waals surface area contributed by atoms with Crippen molar-refractivity contribution < 1.29 is 9.90 Å². The van der Waals surface area contributed by atoms with Crippen LogP contribution in [0.4, 0.5) is 0 Å². The molecule has 1 aliphatic rings. The maximum atomic E-state index is 11.0. The smallest absolute Gasteiger partial charge is 0.307 e. The van der Waals surface area contributed by atoms with Gasteiger partial charge in [0.1, 0.15) is 0 Å². The highest BCUT2D eigenvalue weighted by Gasteiger charge is 2.62. The Balaban J connectivity index is 2.27. The summed E-state index contributed by atoms with van der Waals surface area (Å²) in [7, 11) is 0. The van der Waals surface area contributed by atoms with E-state index in [4.69, 9.17) is 10.4 Å². The third kappa shape index (κ3) is 1.47. The molecule has 1 aromatic carbocycles. The SMILES string of the molecule is CC1(C)[C@H](C(=O)O)[C@H]1c1ccc(C#N)cc1. The molecule has 1 saturated carbocycles. The second kappa shape index (κ2) is 3.34. The lowest BCUT2D eigenvalue weighted by atomic mass is 10.0. The number of hydrogen-bond acceptors (Lipinski definition) is 2. The topological polar surface area (TPSA) is 61.1 Å². The van der Waals surface area contributed by atoms with Crippen molar-refractivity contribution in [3.8, 4) is 6.07 Å². The Morgan fingerprint density at radius 3 is 2.31 bits per heavy atom. The van der Waals surface area contributed by atoms with E-state index < -0.39 is 5.97 Å². The first kappa shape index (κ1) is 10.7. The molecule has 16 heavy (non-hydrogen) atoms. The molecule has 1 aliphatic carbocycles. The lowest BCUT2D eigenvalue weighted by Crippen LogP contribution is -2.03. The second-order valence-corrected chi connectivity index (χ2v) is 4.85. The van der Waals surface area contributed by atoms with Gasteiger partial charge in [-0.1, -0.05) is 26.0 Å². The van der Waals surface area contributed by atoms with Crippen LogP contribution in [0.2, 0.25) is 0 Å². The average Bonchev–Trinajstić information content (AvgIpc) is 2.82. The molecule has 0 bridgehead atoms. The molecule has 0 spiro atoms. The number of nitriles is 1. The molecular weight excluding hydrogens is 202 g/mol. The van der Waals surface area contributed by atoms with Crippen LogP contribution in [-0.4, -0.2) is 11.1 Å². The Kier molecular flexibility index (Phi) is 2.23. The maximum Gasteiger partial charge on any atom is 0.307 e. The van der Waals surface area contributed by atoms with Crippen LogP contribution in [0.5, 0.6) is 0 Å². The molecule has 2 atom stereocenters. The summed E-state index contributed by atoms with van der Waals surface area (Å²) in [5, 5.41) is 17.8. The monoisotopic (exact) mass is 215 g/mol. The van der Waals surface area contributed by atoms with Crippen molar-refractivity contribution in [3.05, 3.63) is 35.4 Å². The van der Waals surface area contributed by atoms with Crippen molar-refractivity contribution >= 4 is 5.97 Å². The Hall–Kier alpha value is -1.82. The van der Waals surface area contributed by atoms with Crippen LogP contribution in [-0.2, 0) is 4.79 Å². The summed E-state index contributed by atoms with van der Waals surface area (Å²) in [6, 6.07) is 9.24. The van der Waals surface area contributed by atoms with Gasteiger partial charge in [0, 0.05) is 5.92 Å². The fraction of sp³-hybridized carbons (Fsp3) is 0.385. The van der Waals surface area contributed by atoms with E-state index in [9.17, 15) is 4.79 Å². The zero-order valence-corrected chi connectivity index (χ0v) is 9.27. The first-order valence-electron chi connectivity index (χ1n) is 5.21. The van der Waals surface area contributed by atoms with Gasteiger partial charge in [-0.2, -0.15) is 5.26 Å². The summed E-state index contributed by atoms with van der Waals surface area (Å²) in [6.45, 7) is 3.93. The zero-order valence-electron chi connectivity index (χ0n) is 9.27. The summed E-state index contributed by atoms with van der Waals surface area (Å²) in [6.07, 6.45) is 0. The molecule has 1 aromatic rings. The zero-order chi connectivity index (χ0) is 11.9. The van der Waals surface area contributed by atoms with Crippen LogP contribution in [0.15, 0.2) is 24.3 Å². The molecule has 0 aliphatic heterocycles. The van der Waals surface area contributed by atoms with Gasteiger partial charge in [-0.05, 0) is 23.1 Å². The van der Waals surface area contributed by atoms with Gasteiger partial charge in [-0.25, -0.2) is 0 Å². The molecular formula is C13H13NO2. The lowest BCUT2D eigenvalue weighted by Gasteiger charge is -2.02. The fourth-order valence-corrected chi connectivity index (χ4v) is 2.49. The van der Waals surface area contributed by atoms with Gasteiger partial charge >= 0.3 is 5.97 Å². The van der Waals surface area contributed by atoms with E-state index in [2.05, 4.69) is 6.07 Å². The quantitative estimate of drug-likeness (QED) is 0.823. The van der Waals surface area contributed by atoms with Crippen LogP contribution >= 0.6 is 0 Å². The summed E-state index contributed by atoms with van der Waals surface area (Å²) < 4.78 is 0. The van der Waals surface area contributed by atoms with Gasteiger partial charge in [-0.15, -0.1) is 0 Å². The summed E-state index contributed by atoms with van der Waals surface area (Å²) in [4.78, 5) is 11.0. The first-order valence-corrected chi connectivity index (χ1v) is 5.21. The highest BCUT2D eigenvalue weighted by atomic mass is 16.4. The van der Waals surface area contributed by atoms with Gasteiger partial charge < -0.3 is 5.11 Å². The van der Waals surface area contributed by atoms with Gasteiger partial charge in [0.15, 0.2) is 0 Å². The number of hydrogen-bond donors (Lipinski definition) is 1. The average molecular weight is 215 g/mol. The van der Waals surface area contributed by atoms with E-state index in [0.717, 1.165) is 5.56 Å². The minimum Gasteiger partial charge on any atom is -0.481 e. The van der Waals surface area contributed by atoms with Crippen LogP contribution in [0, 0.1) is 22.7 Å². The molecule has 0 unspecified atom stereocenters. The predicted octanol–water partition coefficient (Wildman–Crippen LogP) is 2.38. The van der Waals surface area contributed by atoms with Crippen molar-refractivity contribution in [2.45, 2.75) is 19.8 Å². The van der Waals surface area contributed by atoms with Gasteiger partial charge in [-0.3, -0.25) is 4.79 Å². The normalized spacial score (nSPS) is 25.8. The number of carboxylic acids is 1. The third-order valence-electron chi connectivity index (χ3n) is 3.49. The molecule has 1 fully saturated rings. The van der Waals surface area contributed by atoms with E-state index in [1.807, 2.05) is 26.0 Å². The third-order valence-corrected chi connectivity index (χ3v) is 3.49. The first-order chi connectivity index (χ1) is 7.48. The van der Waals surface area contributed by atoms with Gasteiger partial charge in [0.2, 0.25) is 0 Å². The molecule has 1 N–H and O–H groups in total. The molecule has 0 radical (unpaired) electrons. The van der Waals surface area contributed by atoms with E-state index in [1.54, 1.807) is 12.1 Å². The molecule has 0 saturated heterocycles. The highest BCUT2D eigenvalue weighted by molar-refractivity contribution is 5.77. The fourth-order valence-electron chi connectivity index (χ4n) is 2.49. The molecule has 3 heteroatoms. The summed E-state index contributed by atoms with van der Waals surface area (Å²) in [5.74, 6) is -0.975. The van der Waals surface area contributed by atoms with Crippen molar-refractivity contribution in [1.29, 1.82) is 5.26 Å². The number of benzene rings is 1. The van der Waals surface area contributed by atoms with Gasteiger partial charge in [0.05, 0.1) is 17.6 Å². The van der Waals surface area contributed by atoms with E-state index in [1.165, 1.54) is 0 Å². The van der Waals surface area contributed by atoms with Crippen LogP contribution in [0.25, 0.3) is 0 Å². The van der Waals surface area contributed by atoms with Crippen molar-refractivity contribution in [3.63, 3.8) is 0 Å². The lowest BCUT2D eigenvalue weighted by molar-refractivity contribution is -0.139. The minimum atomic E-state index is -0.737. The Morgan fingerprint density at radius 1 is 1.38 bits per heavy atom. The number of rotatable bonds is 2. The van der Waals surface area contributed by atoms with Crippen LogP contribution in [0.3, 0.4) is 0 Å². The molecule has 0 heterocycles. The highest BCUT2D eigenvalue weighted by Crippen LogP contribution is 2.64. The Bertz CT molecular complexity index is 468. The molecule has 2 rings (SSSR count). The summed E-state index contributed by atoms with van der Waals surface area (Å²) >= 11 is 0. The van der Waals surface area contributed by atoms with Crippen molar-refractivity contribution in [1.82, 2.24) is 0 Å². The summed E-state index contributed by atoms with van der Waals surface area (Å²) in [5.41, 5.74) is 1.44. The Labute approximate surface area is 94.3 Å². The largest absolute Gasteiger partial charge is 0.481 e. The van der Waals surface area contributed by atoms with E-state index in [0.29, 0.717) is 5.56 Å². The number of nitrogens with zero attached hydrogens (tertiary/aromatic N) is 1. The number of carbonyl (C=O) groups is 1. The molecule has 0 aromatic heterocycles. The minimum absolute atomic E-state index is 0.0674. The maximum absolute atomic E-state index is 11.0. The van der Waals surface area contributed by atoms with Gasteiger partial charge in [0.25, 0.3) is 0 Å². The standard InChI is InChI=1S/C13H13NO2/c1-13(2)10(11(13)12(15)16)9-5-3-8(7-14)4-6-9/h3-6,10-11H,1-2H3,(H,15,16)/t10-,11+/m1/s1. The van der Waals surface area contributed by atoms with Crippen LogP contribution in [0.1, 0.15) is 30.9 Å². The molecule has 82 valence electrons. The molecule has 3 nitrogen and oxygen atoms in total. The van der Waals surface area contributed by atoms with Crippen LogP contribution < -0.4 is 0 Å². The second-order valence-electron chi connectivity index (χ2n) is 4.85. The molecule has 0 amide bonds.